The summed E-state index contributed by atoms with van der Waals surface area (Å²) in [4.78, 5) is 26.4. The Morgan fingerprint density at radius 3 is 2.21 bits per heavy atom. The normalized spacial score (nSPS) is 20.4. The Labute approximate surface area is 150 Å². The van der Waals surface area contributed by atoms with Crippen molar-refractivity contribution >= 4 is 40.8 Å². The van der Waals surface area contributed by atoms with E-state index in [-0.39, 0.29) is 5.91 Å². The van der Waals surface area contributed by atoms with E-state index < -0.39 is 11.6 Å². The summed E-state index contributed by atoms with van der Waals surface area (Å²) in [5, 5.41) is 3.51. The molecule has 0 aromatic heterocycles. The molecule has 1 N–H and O–H groups in total. The molecule has 0 spiro atoms. The van der Waals surface area contributed by atoms with E-state index in [2.05, 4.69) is 5.32 Å². The summed E-state index contributed by atoms with van der Waals surface area (Å²) in [6, 6.07) is 12.0. The van der Waals surface area contributed by atoms with Crippen LogP contribution in [0.3, 0.4) is 0 Å². The lowest BCUT2D eigenvalue weighted by atomic mass is 9.92. The highest BCUT2D eigenvalue weighted by Crippen LogP contribution is 2.31. The minimum Gasteiger partial charge on any atom is -0.323 e. The minimum absolute atomic E-state index is 0.327. The van der Waals surface area contributed by atoms with Crippen molar-refractivity contribution in [1.82, 2.24) is 5.32 Å². The molecule has 124 valence electrons. The first kappa shape index (κ1) is 16.8. The highest BCUT2D eigenvalue weighted by molar-refractivity contribution is 6.35. The molecule has 1 unspecified atom stereocenters. The van der Waals surface area contributed by atoms with Gasteiger partial charge in [-0.3, -0.25) is 4.79 Å². The summed E-state index contributed by atoms with van der Waals surface area (Å²) in [5.41, 5.74) is 1.47. The van der Waals surface area contributed by atoms with Crippen LogP contribution in [0.5, 0.6) is 0 Å². The van der Waals surface area contributed by atoms with Gasteiger partial charge in [-0.15, -0.1) is 0 Å². The first-order valence-corrected chi connectivity index (χ1v) is 8.22. The minimum atomic E-state index is -1.01. The number of anilines is 1. The van der Waals surface area contributed by atoms with Crippen LogP contribution in [-0.2, 0) is 11.2 Å². The van der Waals surface area contributed by atoms with Crippen LogP contribution in [0.4, 0.5) is 10.5 Å². The van der Waals surface area contributed by atoms with E-state index in [9.17, 15) is 9.59 Å². The maximum Gasteiger partial charge on any atom is 0.329 e. The van der Waals surface area contributed by atoms with Crippen molar-refractivity contribution in [2.24, 2.45) is 0 Å². The lowest BCUT2D eigenvalue weighted by Crippen LogP contribution is -2.46. The summed E-state index contributed by atoms with van der Waals surface area (Å²) in [5.74, 6) is -0.327. The van der Waals surface area contributed by atoms with E-state index in [1.54, 1.807) is 25.1 Å². The zero-order valence-corrected chi connectivity index (χ0v) is 14.8. The fourth-order valence-electron chi connectivity index (χ4n) is 2.82. The number of urea groups is 1. The van der Waals surface area contributed by atoms with Gasteiger partial charge in [0.2, 0.25) is 0 Å². The Kier molecular flexibility index (Phi) is 4.28. The lowest BCUT2D eigenvalue weighted by Gasteiger charge is -2.22. The molecule has 3 rings (SSSR count). The van der Waals surface area contributed by atoms with Crippen molar-refractivity contribution in [3.05, 3.63) is 63.6 Å². The summed E-state index contributed by atoms with van der Waals surface area (Å²) < 4.78 is 0. The number of hydrogen-bond acceptors (Lipinski definition) is 2. The number of aryl methyl sites for hydroxylation is 1. The Morgan fingerprint density at radius 2 is 1.62 bits per heavy atom. The van der Waals surface area contributed by atoms with Crippen LogP contribution in [0.15, 0.2) is 42.5 Å². The standard InChI is InChI=1S/C18H16Cl2N2O2/c1-11-3-5-12(6-4-11)10-18(2)16(23)22(17(24)21-18)15-8-13(19)7-14(20)9-15/h3-9H,10H2,1-2H3,(H,21,24). The van der Waals surface area contributed by atoms with Crippen molar-refractivity contribution in [3.8, 4) is 0 Å². The first-order chi connectivity index (χ1) is 11.3. The van der Waals surface area contributed by atoms with Gasteiger partial charge in [-0.1, -0.05) is 53.0 Å². The van der Waals surface area contributed by atoms with Gasteiger partial charge >= 0.3 is 6.03 Å². The average molecular weight is 363 g/mol. The molecule has 1 atom stereocenters. The first-order valence-electron chi connectivity index (χ1n) is 7.47. The van der Waals surface area contributed by atoms with Crippen LogP contribution < -0.4 is 10.2 Å². The zero-order valence-electron chi connectivity index (χ0n) is 13.3. The Balaban J connectivity index is 1.91. The Hall–Kier alpha value is -2.04. The van der Waals surface area contributed by atoms with Gasteiger partial charge in [-0.2, -0.15) is 0 Å². The Bertz CT molecular complexity index is 800. The molecule has 1 fully saturated rings. The van der Waals surface area contributed by atoms with Crippen LogP contribution in [0.25, 0.3) is 0 Å². The van der Waals surface area contributed by atoms with E-state index in [4.69, 9.17) is 23.2 Å². The molecule has 1 saturated heterocycles. The number of nitrogens with one attached hydrogen (secondary N) is 1. The van der Waals surface area contributed by atoms with Gasteiger partial charge in [0.15, 0.2) is 0 Å². The van der Waals surface area contributed by atoms with Gasteiger partial charge in [0.05, 0.1) is 5.69 Å². The summed E-state index contributed by atoms with van der Waals surface area (Å²) >= 11 is 12.0. The number of imide groups is 1. The molecule has 0 saturated carbocycles. The summed E-state index contributed by atoms with van der Waals surface area (Å²) in [6.07, 6.45) is 0.405. The fraction of sp³-hybridized carbons (Fsp3) is 0.222. The third-order valence-corrected chi connectivity index (χ3v) is 4.48. The third kappa shape index (κ3) is 3.12. The summed E-state index contributed by atoms with van der Waals surface area (Å²) in [7, 11) is 0. The number of nitrogens with zero attached hydrogens (tertiary/aromatic N) is 1. The molecule has 4 nitrogen and oxygen atoms in total. The van der Waals surface area contributed by atoms with Crippen LogP contribution >= 0.6 is 23.2 Å². The molecule has 0 radical (unpaired) electrons. The predicted octanol–water partition coefficient (Wildman–Crippen LogP) is 4.36. The van der Waals surface area contributed by atoms with E-state index in [1.807, 2.05) is 31.2 Å². The fourth-order valence-corrected chi connectivity index (χ4v) is 3.34. The van der Waals surface area contributed by atoms with E-state index in [0.29, 0.717) is 22.2 Å². The number of carbonyl (C=O) groups excluding carboxylic acids is 2. The second-order valence-corrected chi connectivity index (χ2v) is 7.07. The SMILES string of the molecule is Cc1ccc(CC2(C)NC(=O)N(c3cc(Cl)cc(Cl)c3)C2=O)cc1. The molecule has 24 heavy (non-hydrogen) atoms. The lowest BCUT2D eigenvalue weighted by molar-refractivity contribution is -0.121. The van der Waals surface area contributed by atoms with Crippen molar-refractivity contribution in [2.75, 3.05) is 4.90 Å². The van der Waals surface area contributed by atoms with Crippen molar-refractivity contribution < 1.29 is 9.59 Å². The molecule has 0 bridgehead atoms. The zero-order chi connectivity index (χ0) is 17.5. The van der Waals surface area contributed by atoms with Gasteiger partial charge < -0.3 is 5.32 Å². The largest absolute Gasteiger partial charge is 0.329 e. The smallest absolute Gasteiger partial charge is 0.323 e. The van der Waals surface area contributed by atoms with Gasteiger partial charge in [0.1, 0.15) is 5.54 Å². The molecule has 2 aromatic rings. The molecular weight excluding hydrogens is 347 g/mol. The van der Waals surface area contributed by atoms with E-state index in [0.717, 1.165) is 16.0 Å². The highest BCUT2D eigenvalue weighted by Gasteiger charge is 2.48. The van der Waals surface area contributed by atoms with Gasteiger partial charge in [0.25, 0.3) is 5.91 Å². The van der Waals surface area contributed by atoms with Crippen molar-refractivity contribution in [2.45, 2.75) is 25.8 Å². The Morgan fingerprint density at radius 1 is 1.04 bits per heavy atom. The van der Waals surface area contributed by atoms with Crippen LogP contribution in [0, 0.1) is 6.92 Å². The van der Waals surface area contributed by atoms with Crippen LogP contribution in [0.1, 0.15) is 18.1 Å². The van der Waals surface area contributed by atoms with Crippen LogP contribution in [-0.4, -0.2) is 17.5 Å². The van der Waals surface area contributed by atoms with E-state index in [1.165, 1.54) is 0 Å². The number of halogens is 2. The molecule has 1 aliphatic rings. The molecular formula is C18H16Cl2N2O2. The summed E-state index contributed by atoms with van der Waals surface area (Å²) in [6.45, 7) is 3.72. The second kappa shape index (κ2) is 6.11. The number of benzene rings is 2. The number of hydrogen-bond donors (Lipinski definition) is 1. The van der Waals surface area contributed by atoms with E-state index >= 15 is 0 Å². The number of rotatable bonds is 3. The molecule has 0 aliphatic carbocycles. The maximum atomic E-state index is 12.9. The molecule has 3 amide bonds. The van der Waals surface area contributed by atoms with Gasteiger partial charge in [0, 0.05) is 16.5 Å². The average Bonchev–Trinajstić information content (AvgIpc) is 2.70. The molecule has 2 aromatic carbocycles. The maximum absolute atomic E-state index is 12.9. The third-order valence-electron chi connectivity index (χ3n) is 4.04. The van der Waals surface area contributed by atoms with Crippen LogP contribution in [0.2, 0.25) is 10.0 Å². The predicted molar refractivity (Wildman–Crippen MR) is 95.8 cm³/mol. The van der Waals surface area contributed by atoms with Crippen molar-refractivity contribution in [1.29, 1.82) is 0 Å². The topological polar surface area (TPSA) is 49.4 Å². The van der Waals surface area contributed by atoms with Gasteiger partial charge in [-0.25, -0.2) is 9.69 Å². The molecule has 6 heteroatoms. The highest BCUT2D eigenvalue weighted by atomic mass is 35.5. The van der Waals surface area contributed by atoms with Crippen molar-refractivity contribution in [3.63, 3.8) is 0 Å². The van der Waals surface area contributed by atoms with Gasteiger partial charge in [-0.05, 0) is 37.6 Å². The molecule has 1 heterocycles. The molecule has 1 aliphatic heterocycles. The number of amides is 3. The number of carbonyl (C=O) groups is 2. The second-order valence-electron chi connectivity index (χ2n) is 6.19. The monoisotopic (exact) mass is 362 g/mol. The quantitative estimate of drug-likeness (QED) is 0.824.